The molecule has 8 nitrogen and oxygen atoms in total. The summed E-state index contributed by atoms with van der Waals surface area (Å²) in [6, 6.07) is 22.7. The van der Waals surface area contributed by atoms with Gasteiger partial charge in [-0.2, -0.15) is 26.3 Å². The van der Waals surface area contributed by atoms with Gasteiger partial charge in [0.1, 0.15) is 24.7 Å². The lowest BCUT2D eigenvalue weighted by Crippen LogP contribution is -2.46. The number of hydrogen-bond donors (Lipinski definition) is 2. The van der Waals surface area contributed by atoms with Crippen LogP contribution < -0.4 is 28.7 Å². The van der Waals surface area contributed by atoms with Crippen molar-refractivity contribution < 1.29 is 81.8 Å². The number of para-hydroxylation sites is 2. The molecule has 2 aromatic heterocycles. The van der Waals surface area contributed by atoms with Gasteiger partial charge in [-0.15, -0.1) is 49.0 Å². The van der Waals surface area contributed by atoms with Crippen LogP contribution in [0.3, 0.4) is 0 Å². The first kappa shape index (κ1) is 52.0. The Morgan fingerprint density at radius 1 is 0.557 bits per heavy atom. The number of β-amino-alcohol motifs (C(OH)–C–C–N with tert-alkyl or cyclic N) is 2. The van der Waals surface area contributed by atoms with Crippen molar-refractivity contribution in [2.24, 2.45) is 0 Å². The summed E-state index contributed by atoms with van der Waals surface area (Å²) in [6.07, 6.45) is -23.3. The molecule has 8 rings (SSSR count). The van der Waals surface area contributed by atoms with Gasteiger partial charge in [-0.3, -0.25) is 0 Å². The maximum Gasteiger partial charge on any atom is 0.573 e. The minimum atomic E-state index is -4.87. The number of rotatable bonds is 12. The summed E-state index contributed by atoms with van der Waals surface area (Å²) in [5, 5.41) is 23.5. The van der Waals surface area contributed by atoms with Gasteiger partial charge in [0.15, 0.2) is 23.7 Å². The van der Waals surface area contributed by atoms with Crippen LogP contribution in [0.4, 0.5) is 64.1 Å². The molecule has 4 aromatic carbocycles. The zero-order valence-corrected chi connectivity index (χ0v) is 38.4. The zero-order chi connectivity index (χ0) is 50.8. The van der Waals surface area contributed by atoms with E-state index in [1.807, 2.05) is 36.7 Å². The standard InChI is InChI=1S/2C24H21F6NO3S/c2*1-2-14-9-10-35-22(14)19-13-33-21-17(15-5-3-6-16(11-15)34-24(28,29)30)7-4-8-18(21)31(19)12-20(32)23(25,26)27/h2*3-11,19-20,32H,2,12-13H2,1H3. The number of ether oxygens (including phenoxy) is 4. The second-order valence-electron chi connectivity index (χ2n) is 15.9. The molecular weight excluding hydrogens is 993 g/mol. The summed E-state index contributed by atoms with van der Waals surface area (Å²) in [5.74, 6) is -0.428. The van der Waals surface area contributed by atoms with Crippen molar-refractivity contribution in [2.45, 2.75) is 76.1 Å². The number of nitrogens with zero attached hydrogens (tertiary/aromatic N) is 2. The molecule has 0 bridgehead atoms. The van der Waals surface area contributed by atoms with Gasteiger partial charge >= 0.3 is 25.1 Å². The molecule has 0 saturated heterocycles. The lowest BCUT2D eigenvalue weighted by Gasteiger charge is -2.40. The first-order valence-corrected chi connectivity index (χ1v) is 23.1. The highest BCUT2D eigenvalue weighted by atomic mass is 32.1. The summed E-state index contributed by atoms with van der Waals surface area (Å²) in [5.41, 5.74) is 3.99. The molecule has 0 radical (unpaired) electrons. The zero-order valence-electron chi connectivity index (χ0n) is 36.7. The van der Waals surface area contributed by atoms with Crippen LogP contribution in [0.5, 0.6) is 23.0 Å². The lowest BCUT2D eigenvalue weighted by molar-refractivity contribution is -0.275. The highest BCUT2D eigenvalue weighted by Crippen LogP contribution is 2.49. The van der Waals surface area contributed by atoms with Gasteiger partial charge < -0.3 is 39.0 Å². The highest BCUT2D eigenvalue weighted by molar-refractivity contribution is 7.10. The van der Waals surface area contributed by atoms with E-state index >= 15 is 0 Å². The normalized spacial score (nSPS) is 17.0. The van der Waals surface area contributed by atoms with Crippen LogP contribution in [0, 0.1) is 0 Å². The van der Waals surface area contributed by atoms with E-state index in [0.29, 0.717) is 46.5 Å². The molecule has 6 aromatic rings. The van der Waals surface area contributed by atoms with E-state index in [0.717, 1.165) is 33.0 Å². The summed E-state index contributed by atoms with van der Waals surface area (Å²) in [6.45, 7) is 2.42. The molecule has 0 fully saturated rings. The smallest absolute Gasteiger partial charge is 0.488 e. The number of thiophene rings is 2. The van der Waals surface area contributed by atoms with E-state index in [4.69, 9.17) is 9.47 Å². The van der Waals surface area contributed by atoms with Crippen LogP contribution in [0.15, 0.2) is 108 Å². The van der Waals surface area contributed by atoms with Gasteiger partial charge in [0.05, 0.1) is 36.5 Å². The topological polar surface area (TPSA) is 83.9 Å². The molecule has 70 heavy (non-hydrogen) atoms. The lowest BCUT2D eigenvalue weighted by atomic mass is 9.99. The Morgan fingerprint density at radius 3 is 1.27 bits per heavy atom. The average molecular weight is 1030 g/mol. The number of aryl methyl sites for hydroxylation is 2. The molecule has 2 aliphatic rings. The quantitative estimate of drug-likeness (QED) is 0.117. The van der Waals surface area contributed by atoms with Crippen molar-refractivity contribution in [3.8, 4) is 45.3 Å². The van der Waals surface area contributed by atoms with Crippen LogP contribution in [0.25, 0.3) is 22.3 Å². The summed E-state index contributed by atoms with van der Waals surface area (Å²) in [4.78, 5) is 4.58. The Bertz CT molecular complexity index is 2540. The first-order chi connectivity index (χ1) is 33.0. The van der Waals surface area contributed by atoms with Crippen molar-refractivity contribution in [3.63, 3.8) is 0 Å². The van der Waals surface area contributed by atoms with E-state index in [2.05, 4.69) is 9.47 Å². The monoisotopic (exact) mass is 1030 g/mol. The fourth-order valence-corrected chi connectivity index (χ4v) is 10.3. The summed E-state index contributed by atoms with van der Waals surface area (Å²) < 4.78 is 176. The Hall–Kier alpha value is -5.84. The molecule has 4 unspecified atom stereocenters. The largest absolute Gasteiger partial charge is 0.573 e. The second-order valence-corrected chi connectivity index (χ2v) is 17.8. The maximum atomic E-state index is 13.3. The predicted molar refractivity (Wildman–Crippen MR) is 240 cm³/mol. The van der Waals surface area contributed by atoms with Crippen LogP contribution in [0.1, 0.15) is 46.8 Å². The number of aliphatic hydroxyl groups excluding tert-OH is 2. The van der Waals surface area contributed by atoms with Crippen LogP contribution in [-0.2, 0) is 12.8 Å². The Balaban J connectivity index is 0.000000206. The predicted octanol–water partition coefficient (Wildman–Crippen LogP) is 13.5. The third kappa shape index (κ3) is 12.2. The Kier molecular flexibility index (Phi) is 15.5. The minimum Gasteiger partial charge on any atom is -0.488 e. The molecule has 0 saturated carbocycles. The van der Waals surface area contributed by atoms with Crippen molar-refractivity contribution in [2.75, 3.05) is 36.1 Å². The second kappa shape index (κ2) is 20.9. The highest BCUT2D eigenvalue weighted by Gasteiger charge is 2.44. The molecule has 0 amide bonds. The summed E-state index contributed by atoms with van der Waals surface area (Å²) >= 11 is 2.79. The van der Waals surface area contributed by atoms with E-state index in [1.165, 1.54) is 56.7 Å². The van der Waals surface area contributed by atoms with Crippen LogP contribution >= 0.6 is 22.7 Å². The number of benzene rings is 4. The number of aliphatic hydroxyl groups is 2. The molecule has 0 aliphatic carbocycles. The fourth-order valence-electron chi connectivity index (χ4n) is 8.15. The van der Waals surface area contributed by atoms with Gasteiger partial charge in [0, 0.05) is 20.9 Å². The van der Waals surface area contributed by atoms with E-state index in [-0.39, 0.29) is 24.7 Å². The number of alkyl halides is 12. The first-order valence-electron chi connectivity index (χ1n) is 21.3. The fraction of sp³-hybridized carbons (Fsp3) is 0.333. The molecule has 376 valence electrons. The van der Waals surface area contributed by atoms with Gasteiger partial charge in [-0.05, 0) is 94.4 Å². The molecule has 2 aliphatic heterocycles. The van der Waals surface area contributed by atoms with Crippen molar-refractivity contribution in [1.82, 2.24) is 0 Å². The molecule has 0 spiro atoms. The van der Waals surface area contributed by atoms with Crippen molar-refractivity contribution in [3.05, 3.63) is 129 Å². The SMILES string of the molecule is CCc1ccsc1C1COc2c(-c3cccc(OC(F)(F)F)c3)cccc2N1CC(O)C(F)(F)F.CCc1ccsc1C1COc2c(-c3cccc(OC(F)(F)F)c3)cccc2N1CC(O)C(F)(F)F. The number of halogens is 12. The number of hydrogen-bond acceptors (Lipinski definition) is 10. The third-order valence-corrected chi connectivity index (χ3v) is 13.4. The molecule has 22 heteroatoms. The van der Waals surface area contributed by atoms with Crippen molar-refractivity contribution >= 4 is 34.0 Å². The average Bonchev–Trinajstić information content (AvgIpc) is 3.98. The number of anilines is 2. The molecule has 2 N–H and O–H groups in total. The van der Waals surface area contributed by atoms with Gasteiger partial charge in [0.2, 0.25) is 0 Å². The maximum absolute atomic E-state index is 13.3. The van der Waals surface area contributed by atoms with Crippen LogP contribution in [0.2, 0.25) is 0 Å². The van der Waals surface area contributed by atoms with Gasteiger partial charge in [0.25, 0.3) is 0 Å². The Labute approximate surface area is 400 Å². The summed E-state index contributed by atoms with van der Waals surface area (Å²) in [7, 11) is 0. The van der Waals surface area contributed by atoms with Crippen LogP contribution in [-0.4, -0.2) is 73.8 Å². The Morgan fingerprint density at radius 2 is 0.929 bits per heavy atom. The van der Waals surface area contributed by atoms with E-state index in [1.54, 1.807) is 48.5 Å². The van der Waals surface area contributed by atoms with Crippen molar-refractivity contribution in [1.29, 1.82) is 0 Å². The van der Waals surface area contributed by atoms with Gasteiger partial charge in [-0.1, -0.05) is 62.4 Å². The van der Waals surface area contributed by atoms with E-state index in [9.17, 15) is 62.9 Å². The third-order valence-electron chi connectivity index (χ3n) is 11.3. The molecule has 4 atom stereocenters. The van der Waals surface area contributed by atoms with Gasteiger partial charge in [-0.25, -0.2) is 0 Å². The molecular formula is C48H42F12N2O6S2. The van der Waals surface area contributed by atoms with E-state index < -0.39 is 74.0 Å². The molecule has 4 heterocycles. The number of fused-ring (bicyclic) bond motifs is 2. The minimum absolute atomic E-state index is 0.000839.